The second kappa shape index (κ2) is 6.57. The lowest BCUT2D eigenvalue weighted by Gasteiger charge is -2.09. The minimum absolute atomic E-state index is 0.199. The second-order valence-electron chi connectivity index (χ2n) is 5.11. The van der Waals surface area contributed by atoms with Crippen LogP contribution in [0.5, 0.6) is 0 Å². The highest BCUT2D eigenvalue weighted by molar-refractivity contribution is 6.03. The SMILES string of the molecule is CCCC(C)COCc1oc2ccccc2c1C(=O)O. The zero-order valence-corrected chi connectivity index (χ0v) is 11.9. The molecule has 0 aliphatic rings. The molecule has 0 aliphatic carbocycles. The Morgan fingerprint density at radius 1 is 1.40 bits per heavy atom. The van der Waals surface area contributed by atoms with Crippen LogP contribution in [0.4, 0.5) is 0 Å². The lowest BCUT2D eigenvalue weighted by molar-refractivity contribution is 0.0655. The van der Waals surface area contributed by atoms with Crippen LogP contribution >= 0.6 is 0 Å². The molecule has 1 aromatic heterocycles. The normalized spacial score (nSPS) is 12.7. The zero-order valence-electron chi connectivity index (χ0n) is 11.9. The Balaban J connectivity index is 2.13. The van der Waals surface area contributed by atoms with Crippen LogP contribution in [-0.2, 0) is 11.3 Å². The quantitative estimate of drug-likeness (QED) is 0.827. The van der Waals surface area contributed by atoms with Crippen molar-refractivity contribution >= 4 is 16.9 Å². The Morgan fingerprint density at radius 2 is 2.15 bits per heavy atom. The topological polar surface area (TPSA) is 59.7 Å². The molecule has 20 heavy (non-hydrogen) atoms. The number of hydrogen-bond acceptors (Lipinski definition) is 3. The van der Waals surface area contributed by atoms with Gasteiger partial charge in [0.2, 0.25) is 0 Å². The molecule has 2 rings (SSSR count). The third-order valence-corrected chi connectivity index (χ3v) is 3.30. The van der Waals surface area contributed by atoms with Gasteiger partial charge in [0.05, 0.1) is 0 Å². The molecule has 2 aromatic rings. The second-order valence-corrected chi connectivity index (χ2v) is 5.11. The van der Waals surface area contributed by atoms with Gasteiger partial charge >= 0.3 is 5.97 Å². The van der Waals surface area contributed by atoms with Gasteiger partial charge in [0.15, 0.2) is 0 Å². The Kier molecular flexibility index (Phi) is 4.79. The van der Waals surface area contributed by atoms with Gasteiger partial charge in [0.1, 0.15) is 23.5 Å². The molecule has 0 aliphatic heterocycles. The number of benzene rings is 1. The Hall–Kier alpha value is -1.81. The summed E-state index contributed by atoms with van der Waals surface area (Å²) in [7, 11) is 0. The van der Waals surface area contributed by atoms with E-state index in [4.69, 9.17) is 9.15 Å². The minimum Gasteiger partial charge on any atom is -0.478 e. The molecule has 1 unspecified atom stereocenters. The van der Waals surface area contributed by atoms with Gasteiger partial charge in [0, 0.05) is 12.0 Å². The number of para-hydroxylation sites is 1. The molecular formula is C16H20O4. The van der Waals surface area contributed by atoms with Gasteiger partial charge in [-0.1, -0.05) is 38.5 Å². The molecule has 0 radical (unpaired) electrons. The van der Waals surface area contributed by atoms with Crippen molar-refractivity contribution in [2.24, 2.45) is 5.92 Å². The smallest absolute Gasteiger partial charge is 0.340 e. The molecule has 0 saturated carbocycles. The molecule has 0 spiro atoms. The van der Waals surface area contributed by atoms with E-state index >= 15 is 0 Å². The summed E-state index contributed by atoms with van der Waals surface area (Å²) in [6.45, 7) is 5.08. The average Bonchev–Trinajstić information content (AvgIpc) is 2.77. The first-order valence-electron chi connectivity index (χ1n) is 6.95. The summed E-state index contributed by atoms with van der Waals surface area (Å²) >= 11 is 0. The number of aromatic carboxylic acids is 1. The maximum absolute atomic E-state index is 11.4. The van der Waals surface area contributed by atoms with Gasteiger partial charge < -0.3 is 14.3 Å². The van der Waals surface area contributed by atoms with Crippen molar-refractivity contribution in [1.82, 2.24) is 0 Å². The summed E-state index contributed by atoms with van der Waals surface area (Å²) in [5, 5.41) is 9.95. The van der Waals surface area contributed by atoms with E-state index in [0.717, 1.165) is 12.8 Å². The van der Waals surface area contributed by atoms with Crippen molar-refractivity contribution in [3.63, 3.8) is 0 Å². The third-order valence-electron chi connectivity index (χ3n) is 3.30. The molecule has 4 heteroatoms. The van der Waals surface area contributed by atoms with Crippen LogP contribution in [-0.4, -0.2) is 17.7 Å². The number of furan rings is 1. The van der Waals surface area contributed by atoms with Gasteiger partial charge in [-0.3, -0.25) is 0 Å². The average molecular weight is 276 g/mol. The maximum atomic E-state index is 11.4. The summed E-state index contributed by atoms with van der Waals surface area (Å²) in [6, 6.07) is 7.15. The van der Waals surface area contributed by atoms with Crippen molar-refractivity contribution in [3.8, 4) is 0 Å². The van der Waals surface area contributed by atoms with E-state index in [-0.39, 0.29) is 12.2 Å². The molecule has 1 heterocycles. The highest BCUT2D eigenvalue weighted by atomic mass is 16.5. The van der Waals surface area contributed by atoms with Crippen LogP contribution in [0.25, 0.3) is 11.0 Å². The van der Waals surface area contributed by atoms with Gasteiger partial charge in [0.25, 0.3) is 0 Å². The molecule has 0 bridgehead atoms. The fourth-order valence-electron chi connectivity index (χ4n) is 2.36. The van der Waals surface area contributed by atoms with E-state index < -0.39 is 5.97 Å². The van der Waals surface area contributed by atoms with Crippen molar-refractivity contribution < 1.29 is 19.1 Å². The standard InChI is InChI=1S/C16H20O4/c1-3-6-11(2)9-19-10-14-15(16(17)18)12-7-4-5-8-13(12)20-14/h4-5,7-8,11H,3,6,9-10H2,1-2H3,(H,17,18). The van der Waals surface area contributed by atoms with Crippen molar-refractivity contribution in [1.29, 1.82) is 0 Å². The number of ether oxygens (including phenoxy) is 1. The molecule has 0 fully saturated rings. The molecule has 4 nitrogen and oxygen atoms in total. The van der Waals surface area contributed by atoms with Crippen LogP contribution < -0.4 is 0 Å². The lowest BCUT2D eigenvalue weighted by atomic mass is 10.1. The summed E-state index contributed by atoms with van der Waals surface area (Å²) in [6.07, 6.45) is 2.22. The van der Waals surface area contributed by atoms with Crippen LogP contribution in [0, 0.1) is 5.92 Å². The fraction of sp³-hybridized carbons (Fsp3) is 0.438. The van der Waals surface area contributed by atoms with Crippen LogP contribution in [0.3, 0.4) is 0 Å². The Bertz CT molecular complexity index is 585. The van der Waals surface area contributed by atoms with Crippen molar-refractivity contribution in [2.45, 2.75) is 33.3 Å². The van der Waals surface area contributed by atoms with Gasteiger partial charge in [-0.2, -0.15) is 0 Å². The third kappa shape index (κ3) is 3.20. The monoisotopic (exact) mass is 276 g/mol. The first-order chi connectivity index (χ1) is 9.63. The highest BCUT2D eigenvalue weighted by Gasteiger charge is 2.20. The first-order valence-corrected chi connectivity index (χ1v) is 6.95. The van der Waals surface area contributed by atoms with Gasteiger partial charge in [-0.15, -0.1) is 0 Å². The van der Waals surface area contributed by atoms with Crippen LogP contribution in [0.15, 0.2) is 28.7 Å². The number of carboxylic acids is 1. The van der Waals surface area contributed by atoms with E-state index in [9.17, 15) is 9.90 Å². The molecular weight excluding hydrogens is 256 g/mol. The summed E-state index contributed by atoms with van der Waals surface area (Å²) in [5.74, 6) is -0.116. The molecule has 108 valence electrons. The van der Waals surface area contributed by atoms with Gasteiger partial charge in [-0.05, 0) is 18.4 Å². The summed E-state index contributed by atoms with van der Waals surface area (Å²) in [5.41, 5.74) is 0.800. The predicted molar refractivity (Wildman–Crippen MR) is 76.9 cm³/mol. The Labute approximate surface area is 118 Å². The minimum atomic E-state index is -0.977. The zero-order chi connectivity index (χ0) is 14.5. The number of carboxylic acid groups (broad SMARTS) is 1. The molecule has 0 amide bonds. The van der Waals surface area contributed by atoms with Gasteiger partial charge in [-0.25, -0.2) is 4.79 Å². The highest BCUT2D eigenvalue weighted by Crippen LogP contribution is 2.26. The van der Waals surface area contributed by atoms with E-state index in [1.54, 1.807) is 18.2 Å². The van der Waals surface area contributed by atoms with Crippen molar-refractivity contribution in [3.05, 3.63) is 35.6 Å². The van der Waals surface area contributed by atoms with Crippen LogP contribution in [0.1, 0.15) is 42.8 Å². The Morgan fingerprint density at radius 3 is 2.85 bits per heavy atom. The van der Waals surface area contributed by atoms with E-state index in [0.29, 0.717) is 29.3 Å². The summed E-state index contributed by atoms with van der Waals surface area (Å²) < 4.78 is 11.2. The molecule has 1 aromatic carbocycles. The number of carbonyl (C=O) groups is 1. The van der Waals surface area contributed by atoms with E-state index in [2.05, 4.69) is 13.8 Å². The van der Waals surface area contributed by atoms with E-state index in [1.807, 2.05) is 6.07 Å². The fourth-order valence-corrected chi connectivity index (χ4v) is 2.36. The number of fused-ring (bicyclic) bond motifs is 1. The number of rotatable bonds is 7. The first kappa shape index (κ1) is 14.6. The maximum Gasteiger partial charge on any atom is 0.340 e. The van der Waals surface area contributed by atoms with Crippen molar-refractivity contribution in [2.75, 3.05) is 6.61 Å². The predicted octanol–water partition coefficient (Wildman–Crippen LogP) is 4.08. The molecule has 1 atom stereocenters. The molecule has 0 saturated heterocycles. The van der Waals surface area contributed by atoms with E-state index in [1.165, 1.54) is 0 Å². The van der Waals surface area contributed by atoms with Crippen LogP contribution in [0.2, 0.25) is 0 Å². The summed E-state index contributed by atoms with van der Waals surface area (Å²) in [4.78, 5) is 11.4. The number of hydrogen-bond donors (Lipinski definition) is 1. The molecule has 1 N–H and O–H groups in total. The lowest BCUT2D eigenvalue weighted by Crippen LogP contribution is -2.07. The largest absolute Gasteiger partial charge is 0.478 e.